The Hall–Kier alpha value is -2.02. The molecule has 1 aliphatic rings. The molecule has 1 heterocycles. The van der Waals surface area contributed by atoms with Gasteiger partial charge >= 0.3 is 0 Å². The summed E-state index contributed by atoms with van der Waals surface area (Å²) in [5.74, 6) is -2.55. The molecule has 2 N–H and O–H groups in total. The third-order valence-electron chi connectivity index (χ3n) is 3.53. The average molecular weight is 297 g/mol. The summed E-state index contributed by atoms with van der Waals surface area (Å²) < 4.78 is 27.1. The number of halogens is 2. The van der Waals surface area contributed by atoms with Gasteiger partial charge in [0.05, 0.1) is 5.56 Å². The van der Waals surface area contributed by atoms with E-state index in [2.05, 4.69) is 10.6 Å². The smallest absolute Gasteiger partial charge is 0.257 e. The predicted molar refractivity (Wildman–Crippen MR) is 72.9 cm³/mol. The number of benzene rings is 1. The molecule has 0 aliphatic carbocycles. The zero-order valence-electron chi connectivity index (χ0n) is 11.9. The van der Waals surface area contributed by atoms with Crippen LogP contribution in [-0.4, -0.2) is 49.4 Å². The van der Waals surface area contributed by atoms with Gasteiger partial charge in [0, 0.05) is 32.7 Å². The van der Waals surface area contributed by atoms with E-state index in [1.807, 2.05) is 0 Å². The third-order valence-corrected chi connectivity index (χ3v) is 3.53. The lowest BCUT2D eigenvalue weighted by Crippen LogP contribution is -2.59. The quantitative estimate of drug-likeness (QED) is 0.832. The van der Waals surface area contributed by atoms with Gasteiger partial charge in [-0.05, 0) is 18.6 Å². The highest BCUT2D eigenvalue weighted by Crippen LogP contribution is 2.18. The fourth-order valence-electron chi connectivity index (χ4n) is 2.32. The van der Waals surface area contributed by atoms with Gasteiger partial charge in [0.15, 0.2) is 0 Å². The van der Waals surface area contributed by atoms with Crippen LogP contribution in [0.2, 0.25) is 0 Å². The number of rotatable bonds is 2. The Morgan fingerprint density at radius 3 is 2.71 bits per heavy atom. The van der Waals surface area contributed by atoms with Gasteiger partial charge in [-0.15, -0.1) is 0 Å². The molecule has 0 radical (unpaired) electrons. The molecule has 1 unspecified atom stereocenters. The van der Waals surface area contributed by atoms with Crippen LogP contribution in [0.3, 0.4) is 0 Å². The van der Waals surface area contributed by atoms with Gasteiger partial charge in [0.1, 0.15) is 17.7 Å². The molecule has 0 saturated carbocycles. The van der Waals surface area contributed by atoms with E-state index >= 15 is 0 Å². The molecule has 21 heavy (non-hydrogen) atoms. The lowest BCUT2D eigenvalue weighted by atomic mass is 10.1. The number of hydrogen-bond acceptors (Lipinski definition) is 3. The molecule has 2 amide bonds. The van der Waals surface area contributed by atoms with E-state index in [1.165, 1.54) is 24.9 Å². The number of nitrogens with zero attached hydrogens (tertiary/aromatic N) is 1. The Balaban J connectivity index is 2.33. The predicted octanol–water partition coefficient (Wildman–Crippen LogP) is 0.433. The largest absolute Gasteiger partial charge is 0.357 e. The normalized spacial score (nSPS) is 18.5. The van der Waals surface area contributed by atoms with Crippen LogP contribution in [-0.2, 0) is 4.79 Å². The number of likely N-dealkylation sites (N-methyl/N-ethyl adjacent to an activating group) is 1. The van der Waals surface area contributed by atoms with Crippen LogP contribution in [0.25, 0.3) is 0 Å². The van der Waals surface area contributed by atoms with Crippen molar-refractivity contribution in [3.8, 4) is 0 Å². The summed E-state index contributed by atoms with van der Waals surface area (Å²) in [6, 6.07) is 1.16. The summed E-state index contributed by atoms with van der Waals surface area (Å²) in [6.45, 7) is 2.56. The maximum atomic E-state index is 13.8. The lowest BCUT2D eigenvalue weighted by molar-refractivity contribution is -0.125. The minimum absolute atomic E-state index is 0.186. The maximum Gasteiger partial charge on any atom is 0.257 e. The summed E-state index contributed by atoms with van der Waals surface area (Å²) in [7, 11) is 1.47. The second-order valence-electron chi connectivity index (χ2n) is 4.91. The van der Waals surface area contributed by atoms with Gasteiger partial charge in [0.25, 0.3) is 5.91 Å². The summed E-state index contributed by atoms with van der Waals surface area (Å²) in [5.41, 5.74) is -0.0314. The number of aryl methyl sites for hydroxylation is 1. The molecular weight excluding hydrogens is 280 g/mol. The maximum absolute atomic E-state index is 13.8. The Labute approximate surface area is 121 Å². The minimum Gasteiger partial charge on any atom is -0.357 e. The fourth-order valence-corrected chi connectivity index (χ4v) is 2.32. The van der Waals surface area contributed by atoms with E-state index in [0.717, 1.165) is 0 Å². The van der Waals surface area contributed by atoms with E-state index in [1.54, 1.807) is 0 Å². The number of hydrogen-bond donors (Lipinski definition) is 2. The Kier molecular flexibility index (Phi) is 4.52. The van der Waals surface area contributed by atoms with E-state index in [9.17, 15) is 18.4 Å². The molecule has 2 rings (SSSR count). The van der Waals surface area contributed by atoms with E-state index < -0.39 is 23.6 Å². The summed E-state index contributed by atoms with van der Waals surface area (Å²) >= 11 is 0. The Morgan fingerprint density at radius 2 is 2.05 bits per heavy atom. The number of amides is 2. The first kappa shape index (κ1) is 15.4. The van der Waals surface area contributed by atoms with E-state index in [-0.39, 0.29) is 23.6 Å². The van der Waals surface area contributed by atoms with Crippen LogP contribution < -0.4 is 10.6 Å². The van der Waals surface area contributed by atoms with Crippen molar-refractivity contribution in [1.82, 2.24) is 15.5 Å². The molecule has 1 fully saturated rings. The minimum atomic E-state index is -0.919. The molecule has 1 atom stereocenters. The van der Waals surface area contributed by atoms with Crippen LogP contribution >= 0.6 is 0 Å². The molecule has 114 valence electrons. The van der Waals surface area contributed by atoms with Crippen molar-refractivity contribution < 1.29 is 18.4 Å². The number of piperazine rings is 1. The van der Waals surface area contributed by atoms with Crippen LogP contribution in [0.1, 0.15) is 15.9 Å². The van der Waals surface area contributed by atoms with Gasteiger partial charge < -0.3 is 15.5 Å². The first-order valence-corrected chi connectivity index (χ1v) is 6.64. The summed E-state index contributed by atoms with van der Waals surface area (Å²) in [6.07, 6.45) is 0. The first-order valence-electron chi connectivity index (χ1n) is 6.64. The van der Waals surface area contributed by atoms with Crippen molar-refractivity contribution in [3.05, 3.63) is 34.9 Å². The molecule has 0 bridgehead atoms. The van der Waals surface area contributed by atoms with Gasteiger partial charge in [0.2, 0.25) is 5.91 Å². The Morgan fingerprint density at radius 1 is 1.33 bits per heavy atom. The highest BCUT2D eigenvalue weighted by atomic mass is 19.1. The van der Waals surface area contributed by atoms with Gasteiger partial charge in [-0.1, -0.05) is 0 Å². The average Bonchev–Trinajstić information content (AvgIpc) is 2.49. The van der Waals surface area contributed by atoms with Gasteiger partial charge in [-0.3, -0.25) is 9.59 Å². The van der Waals surface area contributed by atoms with Crippen LogP contribution in [0.4, 0.5) is 8.78 Å². The fraction of sp³-hybridized carbons (Fsp3) is 0.429. The van der Waals surface area contributed by atoms with Crippen LogP contribution in [0.15, 0.2) is 12.1 Å². The van der Waals surface area contributed by atoms with Crippen molar-refractivity contribution in [2.75, 3.05) is 26.7 Å². The van der Waals surface area contributed by atoms with Crippen LogP contribution in [0, 0.1) is 18.6 Å². The highest BCUT2D eigenvalue weighted by molar-refractivity contribution is 5.98. The highest BCUT2D eigenvalue weighted by Gasteiger charge is 2.33. The molecule has 1 aromatic carbocycles. The number of carbonyl (C=O) groups is 2. The van der Waals surface area contributed by atoms with Crippen molar-refractivity contribution in [1.29, 1.82) is 0 Å². The molecule has 5 nitrogen and oxygen atoms in total. The van der Waals surface area contributed by atoms with Crippen molar-refractivity contribution in [2.45, 2.75) is 13.0 Å². The summed E-state index contributed by atoms with van der Waals surface area (Å²) in [4.78, 5) is 25.6. The topological polar surface area (TPSA) is 61.4 Å². The molecule has 0 spiro atoms. The van der Waals surface area contributed by atoms with E-state index in [4.69, 9.17) is 0 Å². The molecule has 1 aliphatic heterocycles. The first-order chi connectivity index (χ1) is 9.95. The van der Waals surface area contributed by atoms with Crippen LogP contribution in [0.5, 0.6) is 0 Å². The van der Waals surface area contributed by atoms with Crippen molar-refractivity contribution in [3.63, 3.8) is 0 Å². The second-order valence-corrected chi connectivity index (χ2v) is 4.91. The molecular formula is C14H17F2N3O2. The van der Waals surface area contributed by atoms with Gasteiger partial charge in [-0.25, -0.2) is 8.78 Å². The zero-order valence-corrected chi connectivity index (χ0v) is 11.9. The number of nitrogens with one attached hydrogen (secondary N) is 2. The third kappa shape index (κ3) is 3.02. The van der Waals surface area contributed by atoms with E-state index in [0.29, 0.717) is 19.2 Å². The second kappa shape index (κ2) is 6.17. The lowest BCUT2D eigenvalue weighted by Gasteiger charge is -2.35. The zero-order chi connectivity index (χ0) is 15.6. The standard InChI is InChI=1S/C14H17F2N3O2/c1-8-5-9(11(16)6-10(8)15)14(21)19-4-3-18-7-12(19)13(20)17-2/h5-6,12,18H,3-4,7H2,1-2H3,(H,17,20). The molecule has 7 heteroatoms. The Bertz CT molecular complexity index is 578. The number of carbonyl (C=O) groups excluding carboxylic acids is 2. The van der Waals surface area contributed by atoms with Crippen molar-refractivity contribution in [2.24, 2.45) is 0 Å². The molecule has 1 saturated heterocycles. The summed E-state index contributed by atoms with van der Waals surface area (Å²) in [5, 5.41) is 5.49. The molecule has 0 aromatic heterocycles. The molecule has 1 aromatic rings. The monoisotopic (exact) mass is 297 g/mol. The van der Waals surface area contributed by atoms with Gasteiger partial charge in [-0.2, -0.15) is 0 Å². The van der Waals surface area contributed by atoms with Crippen molar-refractivity contribution >= 4 is 11.8 Å². The SMILES string of the molecule is CNC(=O)C1CNCCN1C(=O)c1cc(C)c(F)cc1F.